The average Bonchev–Trinajstić information content (AvgIpc) is 2.99. The van der Waals surface area contributed by atoms with Crippen molar-refractivity contribution in [2.75, 3.05) is 33.2 Å². The number of allylic oxidation sites excluding steroid dienone is 2. The van der Waals surface area contributed by atoms with Gasteiger partial charge in [-0.3, -0.25) is 4.79 Å². The molecule has 2 aliphatic heterocycles. The Bertz CT molecular complexity index is 1080. The van der Waals surface area contributed by atoms with Gasteiger partial charge in [-0.2, -0.15) is 0 Å². The highest BCUT2D eigenvalue weighted by Gasteiger charge is 2.37. The lowest BCUT2D eigenvalue weighted by Crippen LogP contribution is -2.51. The third-order valence-electron chi connectivity index (χ3n) is 5.27. The molecule has 0 bridgehead atoms. The minimum Gasteiger partial charge on any atom is -0.423 e. The average molecular weight is 461 g/mol. The number of thiophene rings is 1. The molecule has 1 amide bonds. The Labute approximate surface area is 193 Å². The molecule has 0 aliphatic carbocycles. The summed E-state index contributed by atoms with van der Waals surface area (Å²) in [6.45, 7) is 13.5. The van der Waals surface area contributed by atoms with E-state index in [1.54, 1.807) is 30.1 Å². The van der Waals surface area contributed by atoms with Crippen molar-refractivity contribution in [1.82, 2.24) is 14.7 Å². The number of hydrogen-bond donors (Lipinski definition) is 0. The summed E-state index contributed by atoms with van der Waals surface area (Å²) in [6.07, 6.45) is 3.13. The molecule has 0 atom stereocenters. The van der Waals surface area contributed by atoms with Gasteiger partial charge in [0, 0.05) is 51.8 Å². The lowest BCUT2D eigenvalue weighted by Gasteiger charge is -2.40. The molecule has 9 heteroatoms. The van der Waals surface area contributed by atoms with Crippen molar-refractivity contribution in [3.05, 3.63) is 44.4 Å². The van der Waals surface area contributed by atoms with Crippen molar-refractivity contribution in [1.29, 1.82) is 0 Å². The van der Waals surface area contributed by atoms with Crippen LogP contribution in [0.3, 0.4) is 0 Å². The summed E-state index contributed by atoms with van der Waals surface area (Å²) in [4.78, 5) is 37.2. The number of aryl methyl sites for hydroxylation is 1. The summed E-state index contributed by atoms with van der Waals surface area (Å²) >= 11 is 1.60. The topological polar surface area (TPSA) is 74.7 Å². The molecular weight excluding hydrogens is 428 g/mol. The molecule has 32 heavy (non-hydrogen) atoms. The van der Waals surface area contributed by atoms with Crippen LogP contribution in [0.15, 0.2) is 34.6 Å². The number of esters is 1. The lowest BCUT2D eigenvalue weighted by molar-refractivity contribution is -0.193. The van der Waals surface area contributed by atoms with Gasteiger partial charge in [0.05, 0.1) is 16.6 Å². The van der Waals surface area contributed by atoms with E-state index in [0.717, 1.165) is 46.8 Å². The SMILES string of the molecule is C/C=C1/N=c2sc(C)cc2=C(N2CCN(C)CC2)N(C(=O)OC(C)(C)OC(C)=O)/C1=C/C. The summed E-state index contributed by atoms with van der Waals surface area (Å²) in [6, 6.07) is 2.07. The standard InChI is InChI=1S/C23H32N4O4S/c1-8-18-19(9-2)27(22(29)31-23(5,6)30-16(4)28)21(26-12-10-25(7)11-13-26)17-14-15(3)32-20(17)24-18/h8-9,14H,10-13H2,1-7H3/b18-8+,19-9+. The van der Waals surface area contributed by atoms with Crippen LogP contribution in [0.2, 0.25) is 0 Å². The largest absolute Gasteiger partial charge is 0.423 e. The molecule has 3 heterocycles. The second-order valence-corrected chi connectivity index (χ2v) is 9.58. The van der Waals surface area contributed by atoms with E-state index in [9.17, 15) is 9.59 Å². The minimum atomic E-state index is -1.41. The molecule has 0 spiro atoms. The van der Waals surface area contributed by atoms with Gasteiger partial charge in [-0.1, -0.05) is 12.2 Å². The molecule has 3 rings (SSSR count). The third kappa shape index (κ3) is 5.05. The summed E-state index contributed by atoms with van der Waals surface area (Å²) in [5.41, 5.74) is 1.31. The smallest absolute Gasteiger partial charge is 0.423 e. The number of rotatable bonds is 3. The van der Waals surface area contributed by atoms with Crippen LogP contribution in [0.1, 0.15) is 39.5 Å². The highest BCUT2D eigenvalue weighted by atomic mass is 32.1. The number of carbonyl (C=O) groups is 2. The molecule has 2 aliphatic rings. The van der Waals surface area contributed by atoms with Crippen molar-refractivity contribution in [2.45, 2.75) is 47.3 Å². The van der Waals surface area contributed by atoms with Crippen LogP contribution in [-0.4, -0.2) is 65.8 Å². The Hall–Kier alpha value is -2.65. The van der Waals surface area contributed by atoms with E-state index in [1.165, 1.54) is 6.92 Å². The fourth-order valence-corrected chi connectivity index (χ4v) is 4.77. The first-order chi connectivity index (χ1) is 15.1. The van der Waals surface area contributed by atoms with Crippen LogP contribution in [0.5, 0.6) is 0 Å². The van der Waals surface area contributed by atoms with Crippen LogP contribution in [0.25, 0.3) is 5.82 Å². The number of ether oxygens (including phenoxy) is 2. The summed E-state index contributed by atoms with van der Waals surface area (Å²) in [5.74, 6) is -1.19. The van der Waals surface area contributed by atoms with Gasteiger partial charge in [-0.05, 0) is 33.9 Å². The first-order valence-corrected chi connectivity index (χ1v) is 11.6. The fraction of sp³-hybridized carbons (Fsp3) is 0.522. The quantitative estimate of drug-likeness (QED) is 0.510. The Morgan fingerprint density at radius 1 is 1.12 bits per heavy atom. The molecule has 0 radical (unpaired) electrons. The van der Waals surface area contributed by atoms with E-state index < -0.39 is 17.8 Å². The van der Waals surface area contributed by atoms with Crippen molar-refractivity contribution < 1.29 is 19.1 Å². The Morgan fingerprint density at radius 2 is 1.78 bits per heavy atom. The Morgan fingerprint density at radius 3 is 2.34 bits per heavy atom. The second-order valence-electron chi connectivity index (χ2n) is 8.35. The maximum atomic E-state index is 13.7. The van der Waals surface area contributed by atoms with Crippen molar-refractivity contribution in [2.24, 2.45) is 4.99 Å². The number of amides is 1. The molecule has 8 nitrogen and oxygen atoms in total. The summed E-state index contributed by atoms with van der Waals surface area (Å²) < 4.78 is 11.8. The first kappa shape index (κ1) is 24.0. The van der Waals surface area contributed by atoms with Crippen molar-refractivity contribution in [3.63, 3.8) is 0 Å². The number of carbonyl (C=O) groups excluding carboxylic acids is 2. The monoisotopic (exact) mass is 460 g/mol. The van der Waals surface area contributed by atoms with Gasteiger partial charge in [0.25, 0.3) is 5.79 Å². The van der Waals surface area contributed by atoms with E-state index in [0.29, 0.717) is 11.4 Å². The van der Waals surface area contributed by atoms with E-state index in [4.69, 9.17) is 14.5 Å². The van der Waals surface area contributed by atoms with Gasteiger partial charge in [0.1, 0.15) is 10.5 Å². The fourth-order valence-electron chi connectivity index (χ4n) is 3.89. The molecule has 1 fully saturated rings. The maximum Gasteiger partial charge on any atom is 0.423 e. The van der Waals surface area contributed by atoms with Crippen LogP contribution >= 0.6 is 11.3 Å². The third-order valence-corrected chi connectivity index (χ3v) is 6.21. The molecule has 0 aromatic carbocycles. The number of piperazine rings is 1. The highest BCUT2D eigenvalue weighted by molar-refractivity contribution is 7.09. The molecule has 0 N–H and O–H groups in total. The molecule has 174 valence electrons. The van der Waals surface area contributed by atoms with Gasteiger partial charge in [-0.15, -0.1) is 11.3 Å². The first-order valence-electron chi connectivity index (χ1n) is 10.7. The van der Waals surface area contributed by atoms with Crippen LogP contribution < -0.4 is 9.89 Å². The Balaban J connectivity index is 2.21. The molecule has 0 saturated carbocycles. The zero-order chi connectivity index (χ0) is 23.6. The molecule has 1 aromatic rings. The van der Waals surface area contributed by atoms with Gasteiger partial charge >= 0.3 is 12.1 Å². The van der Waals surface area contributed by atoms with Gasteiger partial charge in [-0.25, -0.2) is 14.7 Å². The van der Waals surface area contributed by atoms with E-state index in [2.05, 4.69) is 22.9 Å². The number of hydrogen-bond acceptors (Lipinski definition) is 8. The van der Waals surface area contributed by atoms with E-state index in [1.807, 2.05) is 32.9 Å². The number of nitrogens with zero attached hydrogens (tertiary/aromatic N) is 4. The van der Waals surface area contributed by atoms with Crippen LogP contribution in [0.4, 0.5) is 4.79 Å². The van der Waals surface area contributed by atoms with Gasteiger partial charge in [0.2, 0.25) is 0 Å². The predicted molar refractivity (Wildman–Crippen MR) is 124 cm³/mol. The lowest BCUT2D eigenvalue weighted by atomic mass is 10.2. The Kier molecular flexibility index (Phi) is 7.09. The van der Waals surface area contributed by atoms with Crippen LogP contribution in [0, 0.1) is 6.92 Å². The van der Waals surface area contributed by atoms with Crippen LogP contribution in [-0.2, 0) is 14.3 Å². The zero-order valence-electron chi connectivity index (χ0n) is 19.9. The predicted octanol–water partition coefficient (Wildman–Crippen LogP) is 2.55. The normalized spacial score (nSPS) is 20.2. The van der Waals surface area contributed by atoms with Gasteiger partial charge < -0.3 is 19.3 Å². The van der Waals surface area contributed by atoms with Crippen molar-refractivity contribution >= 4 is 29.2 Å². The van der Waals surface area contributed by atoms with E-state index in [-0.39, 0.29) is 0 Å². The molecule has 1 aromatic heterocycles. The molecule has 1 saturated heterocycles. The van der Waals surface area contributed by atoms with Gasteiger partial charge in [0.15, 0.2) is 0 Å². The van der Waals surface area contributed by atoms with E-state index >= 15 is 0 Å². The minimum absolute atomic E-state index is 0.520. The van der Waals surface area contributed by atoms with Crippen molar-refractivity contribution in [3.8, 4) is 0 Å². The molecular formula is C23H32N4O4S. The zero-order valence-corrected chi connectivity index (χ0v) is 20.7. The molecule has 0 unspecified atom stereocenters. The maximum absolute atomic E-state index is 13.7. The summed E-state index contributed by atoms with van der Waals surface area (Å²) in [7, 11) is 2.09. The highest BCUT2D eigenvalue weighted by Crippen LogP contribution is 2.29. The summed E-state index contributed by atoms with van der Waals surface area (Å²) in [5, 5.41) is 0.899. The number of likely N-dealkylation sites (N-methyl/N-ethyl adjacent to an activating group) is 1. The second kappa shape index (κ2) is 9.46. The number of fused-ring (bicyclic) bond motifs is 1.